The van der Waals surface area contributed by atoms with Crippen LogP contribution in [0.2, 0.25) is 0 Å². The molecule has 0 amide bonds. The van der Waals surface area contributed by atoms with Crippen LogP contribution in [0, 0.1) is 13.8 Å². The lowest BCUT2D eigenvalue weighted by Crippen LogP contribution is -2.21. The van der Waals surface area contributed by atoms with Gasteiger partial charge in [0.05, 0.1) is 12.7 Å². The molecule has 0 atom stereocenters. The van der Waals surface area contributed by atoms with Crippen molar-refractivity contribution in [3.8, 4) is 11.3 Å². The molecule has 0 saturated carbocycles. The average molecular weight is 244 g/mol. The molecule has 2 rings (SSSR count). The van der Waals surface area contributed by atoms with Crippen LogP contribution in [0.5, 0.6) is 0 Å². The molecule has 1 heterocycles. The Labute approximate surface area is 108 Å². The number of aromatic nitrogens is 1. The summed E-state index contributed by atoms with van der Waals surface area (Å²) in [6.45, 7) is 9.09. The summed E-state index contributed by atoms with van der Waals surface area (Å²) in [6.07, 6.45) is 1.79. The minimum atomic E-state index is 0.432. The first-order valence-corrected chi connectivity index (χ1v) is 6.32. The van der Waals surface area contributed by atoms with Gasteiger partial charge in [0.25, 0.3) is 0 Å². The number of benzene rings is 1. The van der Waals surface area contributed by atoms with Gasteiger partial charge in [-0.05, 0) is 31.0 Å². The Morgan fingerprint density at radius 3 is 2.67 bits per heavy atom. The number of nitrogens with one attached hydrogen (secondary N) is 1. The van der Waals surface area contributed by atoms with E-state index in [-0.39, 0.29) is 0 Å². The van der Waals surface area contributed by atoms with Gasteiger partial charge in [0.1, 0.15) is 0 Å². The van der Waals surface area contributed by atoms with Crippen molar-refractivity contribution < 1.29 is 4.42 Å². The second kappa shape index (κ2) is 5.36. The van der Waals surface area contributed by atoms with Crippen molar-refractivity contribution in [3.05, 3.63) is 41.4 Å². The largest absolute Gasteiger partial charge is 0.439 e. The van der Waals surface area contributed by atoms with Gasteiger partial charge < -0.3 is 9.73 Å². The van der Waals surface area contributed by atoms with Crippen LogP contribution in [0.4, 0.5) is 0 Å². The van der Waals surface area contributed by atoms with Gasteiger partial charge in [-0.3, -0.25) is 0 Å². The predicted molar refractivity (Wildman–Crippen MR) is 73.4 cm³/mol. The molecule has 18 heavy (non-hydrogen) atoms. The maximum Gasteiger partial charge on any atom is 0.208 e. The molecular weight excluding hydrogens is 224 g/mol. The van der Waals surface area contributed by atoms with Gasteiger partial charge >= 0.3 is 0 Å². The molecule has 1 aromatic heterocycles. The fraction of sp³-hybridized carbons (Fsp3) is 0.400. The third kappa shape index (κ3) is 2.99. The summed E-state index contributed by atoms with van der Waals surface area (Å²) in [5.41, 5.74) is 3.65. The molecule has 1 aromatic carbocycles. The predicted octanol–water partition coefficient (Wildman–Crippen LogP) is 3.46. The molecular formula is C15H20N2O. The summed E-state index contributed by atoms with van der Waals surface area (Å²) in [7, 11) is 0. The van der Waals surface area contributed by atoms with Gasteiger partial charge in [-0.25, -0.2) is 4.98 Å². The minimum absolute atomic E-state index is 0.432. The third-order valence-corrected chi connectivity index (χ3v) is 3.01. The van der Waals surface area contributed by atoms with Gasteiger partial charge in [-0.1, -0.05) is 26.0 Å². The summed E-state index contributed by atoms with van der Waals surface area (Å²) in [6, 6.07) is 6.75. The number of nitrogens with zero attached hydrogens (tertiary/aromatic N) is 1. The van der Waals surface area contributed by atoms with Crippen LogP contribution in [0.1, 0.15) is 30.9 Å². The molecule has 96 valence electrons. The summed E-state index contributed by atoms with van der Waals surface area (Å²) in [5, 5.41) is 3.29. The Balaban J connectivity index is 2.16. The van der Waals surface area contributed by atoms with Gasteiger partial charge in [0.15, 0.2) is 5.76 Å². The first kappa shape index (κ1) is 12.8. The first-order chi connectivity index (χ1) is 8.56. The van der Waals surface area contributed by atoms with Crippen LogP contribution in [-0.2, 0) is 6.54 Å². The molecule has 0 radical (unpaired) electrons. The summed E-state index contributed by atoms with van der Waals surface area (Å²) < 4.78 is 5.74. The van der Waals surface area contributed by atoms with Crippen LogP contribution in [0.15, 0.2) is 28.8 Å². The van der Waals surface area contributed by atoms with Crippen LogP contribution in [-0.4, -0.2) is 11.0 Å². The zero-order chi connectivity index (χ0) is 13.1. The monoisotopic (exact) mass is 244 g/mol. The van der Waals surface area contributed by atoms with Crippen molar-refractivity contribution >= 4 is 0 Å². The lowest BCUT2D eigenvalue weighted by atomic mass is 10.1. The van der Waals surface area contributed by atoms with E-state index in [4.69, 9.17) is 4.42 Å². The number of rotatable bonds is 4. The third-order valence-electron chi connectivity index (χ3n) is 3.01. The molecule has 0 aliphatic heterocycles. The van der Waals surface area contributed by atoms with Gasteiger partial charge in [0, 0.05) is 11.6 Å². The Hall–Kier alpha value is -1.61. The van der Waals surface area contributed by atoms with E-state index in [1.165, 1.54) is 11.1 Å². The molecule has 0 bridgehead atoms. The smallest absolute Gasteiger partial charge is 0.208 e. The highest BCUT2D eigenvalue weighted by molar-refractivity contribution is 5.58. The Morgan fingerprint density at radius 2 is 2.00 bits per heavy atom. The van der Waals surface area contributed by atoms with Gasteiger partial charge in [0.2, 0.25) is 5.89 Å². The van der Waals surface area contributed by atoms with Crippen LogP contribution >= 0.6 is 0 Å². The van der Waals surface area contributed by atoms with E-state index in [1.54, 1.807) is 6.20 Å². The topological polar surface area (TPSA) is 38.1 Å². The van der Waals surface area contributed by atoms with Crippen molar-refractivity contribution in [3.63, 3.8) is 0 Å². The van der Waals surface area contributed by atoms with E-state index in [1.807, 2.05) is 0 Å². The maximum atomic E-state index is 5.74. The number of oxazole rings is 1. The second-order valence-electron chi connectivity index (χ2n) is 4.95. The standard InChI is InChI=1S/C15H20N2O/c1-10(2)16-9-15-17-8-14(18-15)13-6-5-11(3)12(4)7-13/h5-8,10,16H,9H2,1-4H3. The molecule has 0 unspecified atom stereocenters. The normalized spacial score (nSPS) is 11.2. The van der Waals surface area contributed by atoms with Crippen molar-refractivity contribution in [2.75, 3.05) is 0 Å². The molecule has 1 N–H and O–H groups in total. The molecule has 0 saturated heterocycles. The van der Waals surface area contributed by atoms with Crippen molar-refractivity contribution in [2.45, 2.75) is 40.3 Å². The Kier molecular flexibility index (Phi) is 3.82. The highest BCUT2D eigenvalue weighted by Gasteiger charge is 2.07. The van der Waals surface area contributed by atoms with Crippen LogP contribution < -0.4 is 5.32 Å². The summed E-state index contributed by atoms with van der Waals surface area (Å²) in [5.74, 6) is 1.57. The lowest BCUT2D eigenvalue weighted by Gasteiger charge is -2.04. The molecule has 0 aliphatic rings. The zero-order valence-corrected chi connectivity index (χ0v) is 11.4. The minimum Gasteiger partial charge on any atom is -0.439 e. The highest BCUT2D eigenvalue weighted by atomic mass is 16.4. The second-order valence-corrected chi connectivity index (χ2v) is 4.95. The molecule has 0 spiro atoms. The van der Waals surface area contributed by atoms with E-state index in [0.29, 0.717) is 12.6 Å². The number of aryl methyl sites for hydroxylation is 2. The van der Waals surface area contributed by atoms with E-state index in [0.717, 1.165) is 17.2 Å². The molecule has 0 aliphatic carbocycles. The Morgan fingerprint density at radius 1 is 1.22 bits per heavy atom. The van der Waals surface area contributed by atoms with Gasteiger partial charge in [-0.2, -0.15) is 0 Å². The maximum absolute atomic E-state index is 5.74. The lowest BCUT2D eigenvalue weighted by molar-refractivity contribution is 0.459. The van der Waals surface area contributed by atoms with Crippen molar-refractivity contribution in [2.24, 2.45) is 0 Å². The molecule has 2 aromatic rings. The zero-order valence-electron chi connectivity index (χ0n) is 11.4. The van der Waals surface area contributed by atoms with Crippen LogP contribution in [0.3, 0.4) is 0 Å². The Bertz CT molecular complexity index is 529. The quantitative estimate of drug-likeness (QED) is 0.895. The van der Waals surface area contributed by atoms with E-state index >= 15 is 0 Å². The SMILES string of the molecule is Cc1ccc(-c2cnc(CNC(C)C)o2)cc1C. The van der Waals surface area contributed by atoms with Gasteiger partial charge in [-0.15, -0.1) is 0 Å². The highest BCUT2D eigenvalue weighted by Crippen LogP contribution is 2.22. The number of hydrogen-bond acceptors (Lipinski definition) is 3. The summed E-state index contributed by atoms with van der Waals surface area (Å²) >= 11 is 0. The fourth-order valence-electron chi connectivity index (χ4n) is 1.71. The summed E-state index contributed by atoms with van der Waals surface area (Å²) in [4.78, 5) is 4.29. The fourth-order valence-corrected chi connectivity index (χ4v) is 1.71. The first-order valence-electron chi connectivity index (χ1n) is 6.32. The van der Waals surface area contributed by atoms with E-state index in [9.17, 15) is 0 Å². The molecule has 3 heteroatoms. The molecule has 0 fully saturated rings. The van der Waals surface area contributed by atoms with Crippen molar-refractivity contribution in [1.29, 1.82) is 0 Å². The van der Waals surface area contributed by atoms with E-state index in [2.05, 4.69) is 56.2 Å². The molecule has 3 nitrogen and oxygen atoms in total. The average Bonchev–Trinajstić information content (AvgIpc) is 2.79. The van der Waals surface area contributed by atoms with Crippen LogP contribution in [0.25, 0.3) is 11.3 Å². The number of hydrogen-bond donors (Lipinski definition) is 1. The van der Waals surface area contributed by atoms with E-state index < -0.39 is 0 Å². The van der Waals surface area contributed by atoms with Crippen molar-refractivity contribution in [1.82, 2.24) is 10.3 Å².